The van der Waals surface area contributed by atoms with Crippen LogP contribution in [0, 0.1) is 5.92 Å². The van der Waals surface area contributed by atoms with Gasteiger partial charge in [0.2, 0.25) is 5.91 Å². The summed E-state index contributed by atoms with van der Waals surface area (Å²) in [5.41, 5.74) is 0.532. The van der Waals surface area contributed by atoms with E-state index in [9.17, 15) is 9.59 Å². The predicted octanol–water partition coefficient (Wildman–Crippen LogP) is 1.69. The Hall–Kier alpha value is -1.67. The maximum atomic E-state index is 12.8. The molecule has 0 N–H and O–H groups in total. The molecule has 8 heteroatoms. The van der Waals surface area contributed by atoms with E-state index in [1.165, 1.54) is 11.8 Å². The summed E-state index contributed by atoms with van der Waals surface area (Å²) >= 11 is 1.45. The molecule has 2 saturated heterocycles. The molecule has 0 spiro atoms. The molecule has 2 aliphatic heterocycles. The minimum Gasteiger partial charge on any atom is -0.385 e. The average Bonchev–Trinajstić information content (AvgIpc) is 2.69. The van der Waals surface area contributed by atoms with Crippen molar-refractivity contribution in [2.45, 2.75) is 36.9 Å². The Bertz CT molecular complexity index is 640. The summed E-state index contributed by atoms with van der Waals surface area (Å²) in [5.74, 6) is 0.571. The summed E-state index contributed by atoms with van der Waals surface area (Å²) < 4.78 is 5.11. The lowest BCUT2D eigenvalue weighted by atomic mass is 9.83. The number of nitrogens with zero attached hydrogens (tertiary/aromatic N) is 4. The lowest BCUT2D eigenvalue weighted by Gasteiger charge is -2.47. The normalized spacial score (nSPS) is 23.1. The van der Waals surface area contributed by atoms with Crippen LogP contribution in [0.2, 0.25) is 0 Å². The number of fused-ring (bicyclic) bond motifs is 1. The van der Waals surface area contributed by atoms with Gasteiger partial charge in [0.25, 0.3) is 5.91 Å². The van der Waals surface area contributed by atoms with Gasteiger partial charge in [-0.1, -0.05) is 11.8 Å². The van der Waals surface area contributed by atoms with Gasteiger partial charge in [-0.25, -0.2) is 9.97 Å². The second kappa shape index (κ2) is 8.81. The molecule has 2 fully saturated rings. The van der Waals surface area contributed by atoms with Gasteiger partial charge in [0, 0.05) is 58.2 Å². The van der Waals surface area contributed by atoms with Crippen molar-refractivity contribution < 1.29 is 14.3 Å². The van der Waals surface area contributed by atoms with E-state index in [0.29, 0.717) is 42.8 Å². The Kier molecular flexibility index (Phi) is 6.48. The molecule has 1 aromatic heterocycles. The highest BCUT2D eigenvalue weighted by Gasteiger charge is 2.40. The number of methoxy groups -OCH3 is 1. The van der Waals surface area contributed by atoms with E-state index in [2.05, 4.69) is 9.97 Å². The second-order valence-electron chi connectivity index (χ2n) is 6.80. The summed E-state index contributed by atoms with van der Waals surface area (Å²) in [5, 5.41) is 0.665. The molecule has 0 saturated carbocycles. The van der Waals surface area contributed by atoms with Crippen molar-refractivity contribution in [1.29, 1.82) is 0 Å². The Morgan fingerprint density at radius 3 is 2.81 bits per heavy atom. The van der Waals surface area contributed by atoms with E-state index >= 15 is 0 Å². The molecule has 26 heavy (non-hydrogen) atoms. The van der Waals surface area contributed by atoms with Crippen LogP contribution in [-0.2, 0) is 9.53 Å². The summed E-state index contributed by atoms with van der Waals surface area (Å²) in [6.07, 6.45) is 8.23. The quantitative estimate of drug-likeness (QED) is 0.426. The van der Waals surface area contributed by atoms with Crippen molar-refractivity contribution in [1.82, 2.24) is 19.8 Å². The highest BCUT2D eigenvalue weighted by atomic mass is 32.2. The predicted molar refractivity (Wildman–Crippen MR) is 99.1 cm³/mol. The van der Waals surface area contributed by atoms with E-state index in [1.54, 1.807) is 19.5 Å². The number of piperidine rings is 2. The van der Waals surface area contributed by atoms with Crippen LogP contribution in [0.25, 0.3) is 0 Å². The van der Waals surface area contributed by atoms with E-state index in [-0.39, 0.29) is 17.9 Å². The van der Waals surface area contributed by atoms with Gasteiger partial charge in [-0.05, 0) is 31.4 Å². The van der Waals surface area contributed by atoms with Gasteiger partial charge >= 0.3 is 0 Å². The molecule has 0 radical (unpaired) electrons. The fourth-order valence-corrected chi connectivity index (χ4v) is 4.24. The average molecular weight is 378 g/mol. The largest absolute Gasteiger partial charge is 0.385 e. The Morgan fingerprint density at radius 2 is 2.12 bits per heavy atom. The van der Waals surface area contributed by atoms with Crippen LogP contribution >= 0.6 is 11.8 Å². The number of carbonyl (C=O) groups is 2. The Morgan fingerprint density at radius 1 is 1.35 bits per heavy atom. The van der Waals surface area contributed by atoms with Gasteiger partial charge in [0.15, 0.2) is 5.16 Å². The first kappa shape index (κ1) is 19.1. The third-order valence-electron chi connectivity index (χ3n) is 5.24. The molecule has 3 rings (SSSR count). The fraction of sp³-hybridized carbons (Fsp3) is 0.667. The Labute approximate surface area is 158 Å². The summed E-state index contributed by atoms with van der Waals surface area (Å²) in [6, 6.07) is 0.243. The smallest absolute Gasteiger partial charge is 0.257 e. The molecule has 142 valence electrons. The lowest BCUT2D eigenvalue weighted by Crippen LogP contribution is -2.57. The molecule has 0 unspecified atom stereocenters. The van der Waals surface area contributed by atoms with Crippen molar-refractivity contribution in [3.05, 3.63) is 18.0 Å². The van der Waals surface area contributed by atoms with Crippen molar-refractivity contribution in [2.24, 2.45) is 5.92 Å². The minimum atomic E-state index is -0.0149. The molecule has 0 bridgehead atoms. The van der Waals surface area contributed by atoms with Crippen LogP contribution in [0.1, 0.15) is 36.0 Å². The number of amides is 2. The van der Waals surface area contributed by atoms with E-state index < -0.39 is 0 Å². The maximum absolute atomic E-state index is 12.8. The molecule has 0 aliphatic carbocycles. The molecular formula is C18H26N4O3S. The maximum Gasteiger partial charge on any atom is 0.257 e. The zero-order valence-corrected chi connectivity index (χ0v) is 16.2. The van der Waals surface area contributed by atoms with Gasteiger partial charge in [-0.3, -0.25) is 9.59 Å². The summed E-state index contributed by atoms with van der Waals surface area (Å²) in [6.45, 7) is 2.77. The number of aromatic nitrogens is 2. The molecule has 7 nitrogen and oxygen atoms in total. The van der Waals surface area contributed by atoms with E-state index in [4.69, 9.17) is 4.74 Å². The molecule has 1 aromatic rings. The summed E-state index contributed by atoms with van der Waals surface area (Å²) in [4.78, 5) is 37.4. The van der Waals surface area contributed by atoms with Crippen LogP contribution < -0.4 is 0 Å². The number of hydrogen-bond acceptors (Lipinski definition) is 6. The highest BCUT2D eigenvalue weighted by Crippen LogP contribution is 2.32. The number of rotatable bonds is 6. The first-order valence-electron chi connectivity index (χ1n) is 9.07. The third kappa shape index (κ3) is 4.17. The standard InChI is InChI=1S/C18H26N4O3S/c1-25-9-3-7-22-15-6-8-21(12-13(15)4-5-16(22)23)17(24)14-10-19-18(26-2)20-11-14/h10-11,13,15H,3-9,12H2,1-2H3/t13-,15+/m0/s1. The molecule has 2 aliphatic rings. The Balaban J connectivity index is 1.63. The topological polar surface area (TPSA) is 75.6 Å². The van der Waals surface area contributed by atoms with Crippen LogP contribution in [0.5, 0.6) is 0 Å². The first-order valence-corrected chi connectivity index (χ1v) is 10.3. The van der Waals surface area contributed by atoms with Gasteiger partial charge in [-0.2, -0.15) is 0 Å². The van der Waals surface area contributed by atoms with Crippen LogP contribution in [0.4, 0.5) is 0 Å². The minimum absolute atomic E-state index is 0.0149. The third-order valence-corrected chi connectivity index (χ3v) is 5.81. The monoisotopic (exact) mass is 378 g/mol. The van der Waals surface area contributed by atoms with Crippen LogP contribution in [0.15, 0.2) is 17.6 Å². The molecular weight excluding hydrogens is 352 g/mol. The van der Waals surface area contributed by atoms with E-state index in [1.807, 2.05) is 16.1 Å². The summed E-state index contributed by atoms with van der Waals surface area (Å²) in [7, 11) is 1.68. The van der Waals surface area contributed by atoms with Crippen molar-refractivity contribution in [3.63, 3.8) is 0 Å². The fourth-order valence-electron chi connectivity index (χ4n) is 3.92. The molecule has 3 heterocycles. The first-order chi connectivity index (χ1) is 12.6. The van der Waals surface area contributed by atoms with Gasteiger partial charge < -0.3 is 14.5 Å². The number of likely N-dealkylation sites (tertiary alicyclic amines) is 2. The number of carbonyl (C=O) groups excluding carboxylic acids is 2. The van der Waals surface area contributed by atoms with Gasteiger partial charge in [-0.15, -0.1) is 0 Å². The van der Waals surface area contributed by atoms with Crippen molar-refractivity contribution in [3.8, 4) is 0 Å². The van der Waals surface area contributed by atoms with Crippen LogP contribution in [0.3, 0.4) is 0 Å². The van der Waals surface area contributed by atoms with Crippen molar-refractivity contribution in [2.75, 3.05) is 39.6 Å². The zero-order chi connectivity index (χ0) is 18.5. The van der Waals surface area contributed by atoms with E-state index in [0.717, 1.165) is 25.8 Å². The van der Waals surface area contributed by atoms with Gasteiger partial charge in [0.05, 0.1) is 5.56 Å². The number of thioether (sulfide) groups is 1. The number of hydrogen-bond donors (Lipinski definition) is 0. The highest BCUT2D eigenvalue weighted by molar-refractivity contribution is 7.98. The zero-order valence-electron chi connectivity index (χ0n) is 15.4. The van der Waals surface area contributed by atoms with Crippen LogP contribution in [-0.4, -0.2) is 77.2 Å². The molecule has 0 aromatic carbocycles. The lowest BCUT2D eigenvalue weighted by molar-refractivity contribution is -0.140. The molecule has 2 atom stereocenters. The SMILES string of the molecule is COCCCN1C(=O)CC[C@H]2CN(C(=O)c3cnc(SC)nc3)CC[C@H]21. The van der Waals surface area contributed by atoms with Gasteiger partial charge in [0.1, 0.15) is 0 Å². The van der Waals surface area contributed by atoms with Crippen molar-refractivity contribution >= 4 is 23.6 Å². The second-order valence-corrected chi connectivity index (χ2v) is 7.57. The number of ether oxygens (including phenoxy) is 1. The molecule has 2 amide bonds.